The standard InChI is InChI=1S/C19H24N2O4/c1-12(2)25-15-7-5-13(6-8-15)14-9-16(22)17(20-10-14)18(23)21-11-19(3,4)24/h5-10,12,22,24H,11H2,1-4H3,(H,21,23). The summed E-state index contributed by atoms with van der Waals surface area (Å²) in [5, 5.41) is 22.3. The van der Waals surface area contributed by atoms with Crippen LogP contribution in [0.3, 0.4) is 0 Å². The van der Waals surface area contributed by atoms with Gasteiger partial charge in [-0.25, -0.2) is 4.98 Å². The zero-order valence-electron chi connectivity index (χ0n) is 14.9. The first-order valence-corrected chi connectivity index (χ1v) is 8.12. The summed E-state index contributed by atoms with van der Waals surface area (Å²) in [6, 6.07) is 8.90. The van der Waals surface area contributed by atoms with Crippen molar-refractivity contribution >= 4 is 5.91 Å². The van der Waals surface area contributed by atoms with Gasteiger partial charge in [0.2, 0.25) is 0 Å². The molecule has 0 unspecified atom stereocenters. The highest BCUT2D eigenvalue weighted by Crippen LogP contribution is 2.26. The van der Waals surface area contributed by atoms with Crippen molar-refractivity contribution in [3.8, 4) is 22.6 Å². The summed E-state index contributed by atoms with van der Waals surface area (Å²) in [7, 11) is 0. The number of carbonyl (C=O) groups is 1. The van der Waals surface area contributed by atoms with Crippen LogP contribution in [0, 0.1) is 0 Å². The summed E-state index contributed by atoms with van der Waals surface area (Å²) in [4.78, 5) is 16.1. The van der Waals surface area contributed by atoms with E-state index in [-0.39, 0.29) is 24.1 Å². The molecule has 0 aliphatic heterocycles. The number of aromatic nitrogens is 1. The summed E-state index contributed by atoms with van der Waals surface area (Å²) in [5.41, 5.74) is 0.424. The number of carbonyl (C=O) groups excluding carboxylic acids is 1. The molecule has 0 aliphatic rings. The second kappa shape index (κ2) is 7.53. The van der Waals surface area contributed by atoms with Crippen molar-refractivity contribution in [1.29, 1.82) is 0 Å². The van der Waals surface area contributed by atoms with Crippen LogP contribution in [0.15, 0.2) is 36.5 Å². The lowest BCUT2D eigenvalue weighted by Crippen LogP contribution is -2.38. The third-order valence-corrected chi connectivity index (χ3v) is 3.32. The van der Waals surface area contributed by atoms with Gasteiger partial charge in [-0.2, -0.15) is 0 Å². The highest BCUT2D eigenvalue weighted by atomic mass is 16.5. The fourth-order valence-corrected chi connectivity index (χ4v) is 2.16. The van der Waals surface area contributed by atoms with Crippen molar-refractivity contribution in [3.05, 3.63) is 42.2 Å². The average molecular weight is 344 g/mol. The van der Waals surface area contributed by atoms with E-state index in [1.165, 1.54) is 12.3 Å². The molecule has 2 aromatic rings. The summed E-state index contributed by atoms with van der Waals surface area (Å²) in [6.07, 6.45) is 1.62. The first-order chi connectivity index (χ1) is 11.7. The van der Waals surface area contributed by atoms with Crippen LogP contribution in [0.25, 0.3) is 11.1 Å². The molecule has 25 heavy (non-hydrogen) atoms. The Balaban J connectivity index is 2.14. The van der Waals surface area contributed by atoms with E-state index in [0.29, 0.717) is 5.56 Å². The number of aromatic hydroxyl groups is 1. The zero-order chi connectivity index (χ0) is 18.6. The van der Waals surface area contributed by atoms with E-state index in [0.717, 1.165) is 11.3 Å². The van der Waals surface area contributed by atoms with Crippen LogP contribution in [0.5, 0.6) is 11.5 Å². The number of aliphatic hydroxyl groups is 1. The predicted octanol–water partition coefficient (Wildman–Crippen LogP) is 2.74. The number of hydrogen-bond acceptors (Lipinski definition) is 5. The van der Waals surface area contributed by atoms with Gasteiger partial charge >= 0.3 is 0 Å². The quantitative estimate of drug-likeness (QED) is 0.749. The second-order valence-electron chi connectivity index (χ2n) is 6.78. The molecule has 134 valence electrons. The van der Waals surface area contributed by atoms with E-state index in [1.807, 2.05) is 38.1 Å². The molecule has 1 aromatic heterocycles. The van der Waals surface area contributed by atoms with Gasteiger partial charge in [0.15, 0.2) is 5.69 Å². The Morgan fingerprint density at radius 1 is 1.24 bits per heavy atom. The van der Waals surface area contributed by atoms with Crippen molar-refractivity contribution in [1.82, 2.24) is 10.3 Å². The Labute approximate surface area is 147 Å². The monoisotopic (exact) mass is 344 g/mol. The van der Waals surface area contributed by atoms with Crippen LogP contribution < -0.4 is 10.1 Å². The molecule has 0 atom stereocenters. The average Bonchev–Trinajstić information content (AvgIpc) is 2.52. The van der Waals surface area contributed by atoms with E-state index in [2.05, 4.69) is 10.3 Å². The molecule has 2 rings (SSSR count). The van der Waals surface area contributed by atoms with E-state index in [4.69, 9.17) is 4.74 Å². The molecule has 6 nitrogen and oxygen atoms in total. The second-order valence-corrected chi connectivity index (χ2v) is 6.78. The van der Waals surface area contributed by atoms with Crippen molar-refractivity contribution in [3.63, 3.8) is 0 Å². The topological polar surface area (TPSA) is 91.7 Å². The van der Waals surface area contributed by atoms with Crippen molar-refractivity contribution < 1.29 is 19.7 Å². The smallest absolute Gasteiger partial charge is 0.273 e. The number of nitrogens with zero attached hydrogens (tertiary/aromatic N) is 1. The van der Waals surface area contributed by atoms with Crippen molar-refractivity contribution in [2.45, 2.75) is 39.4 Å². The SMILES string of the molecule is CC(C)Oc1ccc(-c2cnc(C(=O)NCC(C)(C)O)c(O)c2)cc1. The lowest BCUT2D eigenvalue weighted by Gasteiger charge is -2.17. The highest BCUT2D eigenvalue weighted by molar-refractivity contribution is 5.95. The number of amides is 1. The van der Waals surface area contributed by atoms with Crippen LogP contribution in [-0.2, 0) is 0 Å². The lowest BCUT2D eigenvalue weighted by atomic mass is 10.1. The molecule has 0 radical (unpaired) electrons. The minimum Gasteiger partial charge on any atom is -0.505 e. The Kier molecular flexibility index (Phi) is 5.64. The molecule has 0 fully saturated rings. The van der Waals surface area contributed by atoms with Gasteiger partial charge in [0.25, 0.3) is 5.91 Å². The predicted molar refractivity (Wildman–Crippen MR) is 95.7 cm³/mol. The number of benzene rings is 1. The lowest BCUT2D eigenvalue weighted by molar-refractivity contribution is 0.0690. The molecular weight excluding hydrogens is 320 g/mol. The van der Waals surface area contributed by atoms with Crippen molar-refractivity contribution in [2.24, 2.45) is 0 Å². The molecule has 1 amide bonds. The molecule has 0 saturated carbocycles. The maximum atomic E-state index is 12.0. The van der Waals surface area contributed by atoms with Gasteiger partial charge in [-0.1, -0.05) is 12.1 Å². The van der Waals surface area contributed by atoms with Gasteiger partial charge < -0.3 is 20.3 Å². The molecule has 1 aromatic carbocycles. The normalized spacial score (nSPS) is 11.4. The largest absolute Gasteiger partial charge is 0.505 e. The summed E-state index contributed by atoms with van der Waals surface area (Å²) >= 11 is 0. The fraction of sp³-hybridized carbons (Fsp3) is 0.368. The minimum absolute atomic E-state index is 0.0615. The molecule has 0 spiro atoms. The first kappa shape index (κ1) is 18.7. The Morgan fingerprint density at radius 3 is 2.40 bits per heavy atom. The maximum absolute atomic E-state index is 12.0. The molecule has 0 saturated heterocycles. The summed E-state index contributed by atoms with van der Waals surface area (Å²) in [6.45, 7) is 7.13. The Hall–Kier alpha value is -2.60. The number of nitrogens with one attached hydrogen (secondary N) is 1. The number of hydrogen-bond donors (Lipinski definition) is 3. The molecule has 3 N–H and O–H groups in total. The Morgan fingerprint density at radius 2 is 1.88 bits per heavy atom. The maximum Gasteiger partial charge on any atom is 0.273 e. The van der Waals surface area contributed by atoms with Crippen LogP contribution in [0.1, 0.15) is 38.2 Å². The van der Waals surface area contributed by atoms with Gasteiger partial charge in [0.05, 0.1) is 11.7 Å². The Bertz CT molecular complexity index is 734. The van der Waals surface area contributed by atoms with E-state index in [1.54, 1.807) is 13.8 Å². The number of rotatable bonds is 6. The summed E-state index contributed by atoms with van der Waals surface area (Å²) < 4.78 is 5.60. The third kappa shape index (κ3) is 5.46. The molecule has 6 heteroatoms. The molecule has 0 aliphatic carbocycles. The van der Waals surface area contributed by atoms with E-state index >= 15 is 0 Å². The zero-order valence-corrected chi connectivity index (χ0v) is 14.9. The third-order valence-electron chi connectivity index (χ3n) is 3.32. The number of ether oxygens (including phenoxy) is 1. The van der Waals surface area contributed by atoms with E-state index in [9.17, 15) is 15.0 Å². The van der Waals surface area contributed by atoms with Crippen LogP contribution in [0.2, 0.25) is 0 Å². The fourth-order valence-electron chi connectivity index (χ4n) is 2.16. The number of pyridine rings is 1. The first-order valence-electron chi connectivity index (χ1n) is 8.12. The van der Waals surface area contributed by atoms with Crippen LogP contribution in [0.4, 0.5) is 0 Å². The summed E-state index contributed by atoms with van der Waals surface area (Å²) in [5.74, 6) is 0.0126. The van der Waals surface area contributed by atoms with Crippen LogP contribution >= 0.6 is 0 Å². The van der Waals surface area contributed by atoms with Crippen molar-refractivity contribution in [2.75, 3.05) is 6.54 Å². The van der Waals surface area contributed by atoms with Gasteiger partial charge in [0, 0.05) is 18.3 Å². The molecule has 0 bridgehead atoms. The molecular formula is C19H24N2O4. The van der Waals surface area contributed by atoms with E-state index < -0.39 is 11.5 Å². The van der Waals surface area contributed by atoms with Gasteiger partial charge in [-0.05, 0) is 51.5 Å². The van der Waals surface area contributed by atoms with Gasteiger partial charge in [0.1, 0.15) is 11.5 Å². The van der Waals surface area contributed by atoms with Crippen LogP contribution in [-0.4, -0.2) is 39.4 Å². The molecule has 1 heterocycles. The van der Waals surface area contributed by atoms with Gasteiger partial charge in [-0.3, -0.25) is 4.79 Å². The van der Waals surface area contributed by atoms with Gasteiger partial charge in [-0.15, -0.1) is 0 Å². The highest BCUT2D eigenvalue weighted by Gasteiger charge is 2.18. The minimum atomic E-state index is -1.04.